The molecule has 3 aromatic heterocycles. The second-order valence-electron chi connectivity index (χ2n) is 13.7. The van der Waals surface area contributed by atoms with Gasteiger partial charge in [0.1, 0.15) is 11.3 Å². The normalized spacial score (nSPS) is 24.1. The Morgan fingerprint density at radius 3 is 2.60 bits per heavy atom. The second kappa shape index (κ2) is 10.4. The van der Waals surface area contributed by atoms with Crippen LogP contribution in [-0.2, 0) is 20.6 Å². The van der Waals surface area contributed by atoms with Crippen LogP contribution in [0.4, 0.5) is 11.4 Å². The van der Waals surface area contributed by atoms with Crippen molar-refractivity contribution >= 4 is 39.2 Å². The number of benzene rings is 2. The van der Waals surface area contributed by atoms with Crippen LogP contribution in [0.5, 0.6) is 5.75 Å². The zero-order valence-electron chi connectivity index (χ0n) is 26.7. The third kappa shape index (κ3) is 4.60. The largest absolute Gasteiger partial charge is 0.494 e. The molecule has 0 spiro atoms. The molecule has 5 atom stereocenters. The van der Waals surface area contributed by atoms with Crippen LogP contribution >= 0.6 is 0 Å². The monoisotopic (exact) mass is 606 g/mol. The molecule has 4 aliphatic rings. The predicted octanol–water partition coefficient (Wildman–Crippen LogP) is 5.60. The average molecular weight is 607 g/mol. The molecule has 2 saturated heterocycles. The van der Waals surface area contributed by atoms with Gasteiger partial charge in [-0.25, -0.2) is 4.98 Å². The van der Waals surface area contributed by atoms with E-state index in [0.29, 0.717) is 29.1 Å². The molecule has 2 bridgehead atoms. The van der Waals surface area contributed by atoms with E-state index in [1.165, 1.54) is 6.42 Å². The number of aryl methyl sites for hydroxylation is 3. The highest BCUT2D eigenvalue weighted by Gasteiger charge is 2.41. The van der Waals surface area contributed by atoms with E-state index in [9.17, 15) is 4.79 Å². The van der Waals surface area contributed by atoms with E-state index in [4.69, 9.17) is 15.5 Å². The van der Waals surface area contributed by atoms with Gasteiger partial charge in [0, 0.05) is 56.4 Å². The van der Waals surface area contributed by atoms with E-state index in [0.717, 1.165) is 82.9 Å². The summed E-state index contributed by atoms with van der Waals surface area (Å²) in [5.74, 6) is 3.25. The fourth-order valence-corrected chi connectivity index (χ4v) is 7.95. The molecule has 10 nitrogen and oxygen atoms in total. The van der Waals surface area contributed by atoms with Crippen molar-refractivity contribution in [3.8, 4) is 17.3 Å². The Hall–Kier alpha value is -4.31. The molecule has 2 aromatic carbocycles. The number of ether oxygens (including phenoxy) is 1. The number of piperidine rings is 2. The maximum atomic E-state index is 13.9. The predicted molar refractivity (Wildman–Crippen MR) is 177 cm³/mol. The first-order valence-electron chi connectivity index (χ1n) is 16.2. The average Bonchev–Trinajstić information content (AvgIpc) is 3.28. The number of hydrogen-bond donors (Lipinski definition) is 2. The number of carbonyl (C=O) groups is 1. The van der Waals surface area contributed by atoms with Crippen molar-refractivity contribution in [2.75, 3.05) is 19.0 Å². The van der Waals surface area contributed by atoms with Gasteiger partial charge in [0.25, 0.3) is 5.91 Å². The first kappa shape index (κ1) is 28.2. The molecule has 234 valence electrons. The van der Waals surface area contributed by atoms with E-state index < -0.39 is 0 Å². The molecule has 9 rings (SSSR count). The van der Waals surface area contributed by atoms with Crippen molar-refractivity contribution in [1.29, 1.82) is 0 Å². The molecule has 5 aromatic rings. The summed E-state index contributed by atoms with van der Waals surface area (Å²) >= 11 is 0. The molecule has 2 aliphatic heterocycles. The molecule has 2 saturated carbocycles. The lowest BCUT2D eigenvalue weighted by molar-refractivity contribution is 0.0261. The van der Waals surface area contributed by atoms with Gasteiger partial charge < -0.3 is 29.8 Å². The van der Waals surface area contributed by atoms with Gasteiger partial charge in [-0.15, -0.1) is 0 Å². The van der Waals surface area contributed by atoms with E-state index in [1.807, 2.05) is 48.9 Å². The number of para-hydroxylation sites is 1. The number of anilines is 2. The number of nitrogens with one attached hydrogen (secondary N) is 1. The molecule has 45 heavy (non-hydrogen) atoms. The summed E-state index contributed by atoms with van der Waals surface area (Å²) < 4.78 is 12.3. The number of rotatable bonds is 7. The van der Waals surface area contributed by atoms with Gasteiger partial charge in [0.05, 0.1) is 40.9 Å². The minimum absolute atomic E-state index is 0.0437. The molecule has 2 unspecified atom stereocenters. The Kier molecular flexibility index (Phi) is 6.50. The third-order valence-electron chi connectivity index (χ3n) is 10.7. The van der Waals surface area contributed by atoms with Crippen LogP contribution in [0.15, 0.2) is 42.6 Å². The van der Waals surface area contributed by atoms with Crippen molar-refractivity contribution in [2.45, 2.75) is 58.2 Å². The van der Waals surface area contributed by atoms with Gasteiger partial charge in [-0.2, -0.15) is 5.10 Å². The Labute approximate surface area is 263 Å². The molecular formula is C35H42N8O2. The molecule has 2 aliphatic carbocycles. The zero-order chi connectivity index (χ0) is 31.1. The molecule has 10 heteroatoms. The lowest BCUT2D eigenvalue weighted by Crippen LogP contribution is -2.58. The van der Waals surface area contributed by atoms with Crippen LogP contribution in [0, 0.1) is 24.7 Å². The number of nitrogens with two attached hydrogens (primary N) is 1. The minimum Gasteiger partial charge on any atom is -0.494 e. The third-order valence-corrected chi connectivity index (χ3v) is 10.7. The van der Waals surface area contributed by atoms with Gasteiger partial charge in [-0.05, 0) is 74.6 Å². The lowest BCUT2D eigenvalue weighted by atomic mass is 9.76. The first-order chi connectivity index (χ1) is 21.7. The Bertz CT molecular complexity index is 1970. The number of fused-ring (bicyclic) bond motifs is 5. The topological polar surface area (TPSA) is 108 Å². The number of hydrogen-bond acceptors (Lipinski definition) is 6. The highest BCUT2D eigenvalue weighted by Crippen LogP contribution is 2.43. The van der Waals surface area contributed by atoms with Gasteiger partial charge in [0.2, 0.25) is 0 Å². The summed E-state index contributed by atoms with van der Waals surface area (Å²) in [6.07, 6.45) is 6.25. The number of carbonyl (C=O) groups excluding carboxylic acids is 1. The first-order valence-corrected chi connectivity index (χ1v) is 16.2. The molecule has 5 heterocycles. The summed E-state index contributed by atoms with van der Waals surface area (Å²) in [5.41, 5.74) is 13.8. The summed E-state index contributed by atoms with van der Waals surface area (Å²) in [7, 11) is 5.65. The van der Waals surface area contributed by atoms with Crippen molar-refractivity contribution in [2.24, 2.45) is 37.6 Å². The maximum Gasteiger partial charge on any atom is 0.254 e. The Morgan fingerprint density at radius 1 is 1.11 bits per heavy atom. The number of imidazole rings is 1. The fourth-order valence-electron chi connectivity index (χ4n) is 7.95. The quantitative estimate of drug-likeness (QED) is 0.250. The van der Waals surface area contributed by atoms with Gasteiger partial charge >= 0.3 is 0 Å². The van der Waals surface area contributed by atoms with Crippen molar-refractivity contribution in [3.05, 3.63) is 53.9 Å². The standard InChI is InChI=1S/C35H42N8O2/c1-19-11-24(19)17-43-30(13-21-7-6-8-27(32(21)43)37-29-18-40(3)39-20(29)2)34-38-28-12-23(14-31(45-5)33(28)41(34)4)35(44)42-16-22-9-10-25(42)15-26(22)36/h6-8,12-14,18-19,22,24-26,37H,9-11,15-17,36H2,1-5H3/t19?,22-,24?,25-,26+/m1/s1. The van der Waals surface area contributed by atoms with Crippen LogP contribution in [-0.4, -0.2) is 60.4 Å². The molecule has 0 radical (unpaired) electrons. The van der Waals surface area contributed by atoms with Crippen LogP contribution in [0.3, 0.4) is 0 Å². The van der Waals surface area contributed by atoms with Crippen molar-refractivity contribution in [1.82, 2.24) is 28.8 Å². The van der Waals surface area contributed by atoms with Crippen LogP contribution in [0.2, 0.25) is 0 Å². The van der Waals surface area contributed by atoms with Gasteiger partial charge in [0.15, 0.2) is 5.82 Å². The van der Waals surface area contributed by atoms with E-state index >= 15 is 0 Å². The minimum atomic E-state index is 0.0437. The highest BCUT2D eigenvalue weighted by molar-refractivity contribution is 6.01. The van der Waals surface area contributed by atoms with Gasteiger partial charge in [-0.1, -0.05) is 19.1 Å². The van der Waals surface area contributed by atoms with Gasteiger partial charge in [-0.3, -0.25) is 9.48 Å². The van der Waals surface area contributed by atoms with Crippen LogP contribution in [0.25, 0.3) is 33.5 Å². The molecule has 3 N–H and O–H groups in total. The summed E-state index contributed by atoms with van der Waals surface area (Å²) in [4.78, 5) is 21.1. The second-order valence-corrected chi connectivity index (χ2v) is 13.7. The van der Waals surface area contributed by atoms with E-state index in [1.54, 1.807) is 7.11 Å². The van der Waals surface area contributed by atoms with Crippen molar-refractivity contribution < 1.29 is 9.53 Å². The number of amides is 1. The van der Waals surface area contributed by atoms with E-state index in [-0.39, 0.29) is 18.0 Å². The highest BCUT2D eigenvalue weighted by atomic mass is 16.5. The van der Waals surface area contributed by atoms with Crippen LogP contribution in [0.1, 0.15) is 48.7 Å². The number of aromatic nitrogens is 5. The molecule has 4 fully saturated rings. The fraction of sp³-hybridized carbons (Fsp3) is 0.457. The summed E-state index contributed by atoms with van der Waals surface area (Å²) in [5, 5.41) is 9.36. The Balaban J connectivity index is 1.24. The maximum absolute atomic E-state index is 13.9. The zero-order valence-corrected chi connectivity index (χ0v) is 26.7. The SMILES string of the molecule is COc1cc(C(=O)N2C[C@H]3CC[C@@H]2C[C@@H]3N)cc2nc(-c3cc4cccc(Nc5cn(C)nc5C)c4n3CC3CC3C)n(C)c12. The summed E-state index contributed by atoms with van der Waals surface area (Å²) in [6, 6.07) is 12.9. The lowest BCUT2D eigenvalue weighted by Gasteiger charge is -2.48. The Morgan fingerprint density at radius 2 is 1.93 bits per heavy atom. The number of methoxy groups -OCH3 is 1. The summed E-state index contributed by atoms with van der Waals surface area (Å²) in [6.45, 7) is 5.99. The number of nitrogens with zero attached hydrogens (tertiary/aromatic N) is 6. The molecular weight excluding hydrogens is 564 g/mol. The van der Waals surface area contributed by atoms with E-state index in [2.05, 4.69) is 50.7 Å². The molecule has 1 amide bonds. The van der Waals surface area contributed by atoms with Crippen molar-refractivity contribution in [3.63, 3.8) is 0 Å². The van der Waals surface area contributed by atoms with Crippen LogP contribution < -0.4 is 15.8 Å². The smallest absolute Gasteiger partial charge is 0.254 e.